The molecule has 6 nitrogen and oxygen atoms in total. The molecule has 0 spiro atoms. The fourth-order valence-electron chi connectivity index (χ4n) is 2.95. The first-order chi connectivity index (χ1) is 13.0. The van der Waals surface area contributed by atoms with Gasteiger partial charge < -0.3 is 4.74 Å². The number of carbonyl (C=O) groups is 1. The lowest BCUT2D eigenvalue weighted by atomic mass is 10.0. The van der Waals surface area contributed by atoms with E-state index in [9.17, 15) is 4.79 Å². The Morgan fingerprint density at radius 1 is 1.26 bits per heavy atom. The molecule has 2 heterocycles. The fourth-order valence-corrected chi connectivity index (χ4v) is 3.79. The number of nitrogens with zero attached hydrogens (tertiary/aromatic N) is 3. The number of ether oxygens (including phenoxy) is 1. The highest BCUT2D eigenvalue weighted by molar-refractivity contribution is 9.10. The van der Waals surface area contributed by atoms with E-state index < -0.39 is 0 Å². The van der Waals surface area contributed by atoms with E-state index in [0.29, 0.717) is 21.7 Å². The second-order valence-electron chi connectivity index (χ2n) is 6.00. The molecule has 1 aromatic heterocycles. The van der Waals surface area contributed by atoms with Crippen LogP contribution in [0.15, 0.2) is 47.2 Å². The molecule has 0 unspecified atom stereocenters. The fraction of sp³-hybridized carbons (Fsp3) is 0.167. The molecular formula is C18H13BrCl2N4O2. The van der Waals surface area contributed by atoms with Crippen LogP contribution in [0.1, 0.15) is 23.6 Å². The van der Waals surface area contributed by atoms with Crippen molar-refractivity contribution in [3.63, 3.8) is 0 Å². The van der Waals surface area contributed by atoms with Gasteiger partial charge in [0.25, 0.3) is 0 Å². The number of rotatable bonds is 4. The molecule has 3 aromatic rings. The number of nitrogens with one attached hydrogen (secondary N) is 1. The zero-order valence-electron chi connectivity index (χ0n) is 13.8. The van der Waals surface area contributed by atoms with E-state index in [4.69, 9.17) is 27.9 Å². The zero-order valence-corrected chi connectivity index (χ0v) is 16.9. The topological polar surface area (TPSA) is 69.0 Å². The molecule has 1 amide bonds. The highest BCUT2D eigenvalue weighted by atomic mass is 79.9. The normalized spacial score (nSPS) is 16.0. The van der Waals surface area contributed by atoms with Crippen molar-refractivity contribution in [2.75, 3.05) is 5.32 Å². The van der Waals surface area contributed by atoms with E-state index in [2.05, 4.69) is 31.3 Å². The number of anilines is 1. The van der Waals surface area contributed by atoms with Crippen LogP contribution in [-0.2, 0) is 11.4 Å². The number of amides is 1. The average molecular weight is 468 g/mol. The van der Waals surface area contributed by atoms with Gasteiger partial charge in [-0.1, -0.05) is 45.2 Å². The summed E-state index contributed by atoms with van der Waals surface area (Å²) in [5.41, 5.74) is 1.65. The van der Waals surface area contributed by atoms with Crippen molar-refractivity contribution < 1.29 is 9.53 Å². The van der Waals surface area contributed by atoms with Gasteiger partial charge in [-0.3, -0.25) is 10.1 Å². The van der Waals surface area contributed by atoms with Crippen LogP contribution >= 0.6 is 39.1 Å². The van der Waals surface area contributed by atoms with Crippen LogP contribution in [0.25, 0.3) is 0 Å². The minimum absolute atomic E-state index is 0.118. The summed E-state index contributed by atoms with van der Waals surface area (Å²) >= 11 is 15.7. The Kier molecular flexibility index (Phi) is 5.08. The monoisotopic (exact) mass is 466 g/mol. The molecule has 0 saturated carbocycles. The SMILES string of the molecule is O=C1C[C@H](c2cc(Br)ccc2OCc2ccc(Cl)cc2Cl)n2ncnc2N1. The summed E-state index contributed by atoms with van der Waals surface area (Å²) in [5, 5.41) is 8.07. The van der Waals surface area contributed by atoms with Gasteiger partial charge in [0.1, 0.15) is 18.7 Å². The Morgan fingerprint density at radius 3 is 2.93 bits per heavy atom. The van der Waals surface area contributed by atoms with Crippen molar-refractivity contribution in [2.45, 2.75) is 19.1 Å². The Balaban J connectivity index is 1.67. The van der Waals surface area contributed by atoms with Crippen molar-refractivity contribution in [3.05, 3.63) is 68.4 Å². The lowest BCUT2D eigenvalue weighted by Crippen LogP contribution is -2.29. The smallest absolute Gasteiger partial charge is 0.229 e. The second kappa shape index (κ2) is 7.50. The molecule has 4 rings (SSSR count). The van der Waals surface area contributed by atoms with Gasteiger partial charge in [-0.25, -0.2) is 4.68 Å². The minimum Gasteiger partial charge on any atom is -0.488 e. The van der Waals surface area contributed by atoms with Gasteiger partial charge in [-0.05, 0) is 30.3 Å². The zero-order chi connectivity index (χ0) is 19.0. The van der Waals surface area contributed by atoms with Gasteiger partial charge in [0.05, 0.1) is 12.5 Å². The molecule has 1 aliphatic rings. The molecule has 1 aliphatic heterocycles. The first kappa shape index (κ1) is 18.3. The largest absolute Gasteiger partial charge is 0.488 e. The Morgan fingerprint density at radius 2 is 2.11 bits per heavy atom. The van der Waals surface area contributed by atoms with Gasteiger partial charge in [0.15, 0.2) is 0 Å². The number of hydrogen-bond acceptors (Lipinski definition) is 4. The molecular weight excluding hydrogens is 455 g/mol. The number of carbonyl (C=O) groups excluding carboxylic acids is 1. The first-order valence-corrected chi connectivity index (χ1v) is 9.61. The van der Waals surface area contributed by atoms with Crippen molar-refractivity contribution in [2.24, 2.45) is 0 Å². The van der Waals surface area contributed by atoms with E-state index in [1.165, 1.54) is 6.33 Å². The van der Waals surface area contributed by atoms with Gasteiger partial charge >= 0.3 is 0 Å². The third-order valence-corrected chi connectivity index (χ3v) is 5.31. The molecule has 0 bridgehead atoms. The average Bonchev–Trinajstić information content (AvgIpc) is 3.09. The van der Waals surface area contributed by atoms with Crippen LogP contribution in [0.5, 0.6) is 5.75 Å². The summed E-state index contributed by atoms with van der Waals surface area (Å²) in [4.78, 5) is 16.2. The van der Waals surface area contributed by atoms with Crippen LogP contribution in [0, 0.1) is 0 Å². The molecule has 1 N–H and O–H groups in total. The maximum absolute atomic E-state index is 12.1. The molecule has 0 saturated heterocycles. The van der Waals surface area contributed by atoms with Gasteiger partial charge in [0, 0.05) is 25.6 Å². The highest BCUT2D eigenvalue weighted by Gasteiger charge is 2.30. The number of benzene rings is 2. The van der Waals surface area contributed by atoms with E-state index in [0.717, 1.165) is 15.6 Å². The summed E-state index contributed by atoms with van der Waals surface area (Å²) in [6, 6.07) is 10.6. The summed E-state index contributed by atoms with van der Waals surface area (Å²) in [6.07, 6.45) is 1.66. The highest BCUT2D eigenvalue weighted by Crippen LogP contribution is 2.36. The molecule has 138 valence electrons. The van der Waals surface area contributed by atoms with Gasteiger partial charge in [0.2, 0.25) is 11.9 Å². The molecule has 0 aliphatic carbocycles. The van der Waals surface area contributed by atoms with Crippen molar-refractivity contribution in [1.82, 2.24) is 14.8 Å². The third kappa shape index (κ3) is 3.81. The third-order valence-electron chi connectivity index (χ3n) is 4.23. The lowest BCUT2D eigenvalue weighted by molar-refractivity contribution is -0.117. The second-order valence-corrected chi connectivity index (χ2v) is 7.76. The van der Waals surface area contributed by atoms with Gasteiger partial charge in [-0.15, -0.1) is 0 Å². The number of hydrogen-bond donors (Lipinski definition) is 1. The van der Waals surface area contributed by atoms with E-state index >= 15 is 0 Å². The van der Waals surface area contributed by atoms with Crippen LogP contribution in [0.2, 0.25) is 10.0 Å². The molecule has 9 heteroatoms. The Bertz CT molecular complexity index is 1020. The predicted molar refractivity (Wildman–Crippen MR) is 106 cm³/mol. The quantitative estimate of drug-likeness (QED) is 0.594. The van der Waals surface area contributed by atoms with Crippen molar-refractivity contribution in [1.29, 1.82) is 0 Å². The Hall–Kier alpha value is -2.09. The van der Waals surface area contributed by atoms with E-state index in [1.54, 1.807) is 16.8 Å². The van der Waals surface area contributed by atoms with Crippen LogP contribution in [0.3, 0.4) is 0 Å². The number of aromatic nitrogens is 3. The summed E-state index contributed by atoms with van der Waals surface area (Å²) < 4.78 is 8.60. The van der Waals surface area contributed by atoms with E-state index in [-0.39, 0.29) is 25.0 Å². The van der Waals surface area contributed by atoms with Crippen molar-refractivity contribution >= 4 is 51.0 Å². The number of fused-ring (bicyclic) bond motifs is 1. The summed E-state index contributed by atoms with van der Waals surface area (Å²) in [7, 11) is 0. The van der Waals surface area contributed by atoms with E-state index in [1.807, 2.05) is 24.3 Å². The van der Waals surface area contributed by atoms with Crippen LogP contribution in [-0.4, -0.2) is 20.7 Å². The predicted octanol–water partition coefficient (Wildman–Crippen LogP) is 4.86. The standard InChI is InChI=1S/C18H13BrCl2N4O2/c19-11-2-4-16(27-8-10-1-3-12(20)6-14(10)21)13(5-11)15-7-17(26)24-18-22-9-23-25(15)18/h1-6,9,15H,7-8H2,(H,22,23,24,26)/t15-/m1/s1. The molecule has 1 atom stereocenters. The maximum Gasteiger partial charge on any atom is 0.229 e. The summed E-state index contributed by atoms with van der Waals surface area (Å²) in [5.74, 6) is 0.945. The van der Waals surface area contributed by atoms with Crippen molar-refractivity contribution in [3.8, 4) is 5.75 Å². The maximum atomic E-state index is 12.1. The number of halogens is 3. The summed E-state index contributed by atoms with van der Waals surface area (Å²) in [6.45, 7) is 0.272. The minimum atomic E-state index is -0.315. The molecule has 2 aromatic carbocycles. The Labute approximate surface area is 173 Å². The van der Waals surface area contributed by atoms with Crippen LogP contribution in [0.4, 0.5) is 5.95 Å². The van der Waals surface area contributed by atoms with Crippen LogP contribution < -0.4 is 10.1 Å². The lowest BCUT2D eigenvalue weighted by Gasteiger charge is -2.25. The molecule has 0 fully saturated rings. The molecule has 0 radical (unpaired) electrons. The van der Waals surface area contributed by atoms with Gasteiger partial charge in [-0.2, -0.15) is 10.1 Å². The molecule has 27 heavy (non-hydrogen) atoms. The first-order valence-electron chi connectivity index (χ1n) is 8.07.